The Kier molecular flexibility index (Phi) is 2.47. The highest BCUT2D eigenvalue weighted by molar-refractivity contribution is 5.98. The lowest BCUT2D eigenvalue weighted by Gasteiger charge is -2.23. The van der Waals surface area contributed by atoms with E-state index >= 15 is 0 Å². The molecule has 0 spiro atoms. The largest absolute Gasteiger partial charge is 0.491 e. The zero-order chi connectivity index (χ0) is 12.7. The summed E-state index contributed by atoms with van der Waals surface area (Å²) in [6.45, 7) is 0.894. The van der Waals surface area contributed by atoms with Gasteiger partial charge in [0.2, 0.25) is 5.91 Å². The third kappa shape index (κ3) is 1.54. The van der Waals surface area contributed by atoms with Crippen LogP contribution in [0.1, 0.15) is 16.8 Å². The number of para-hydroxylation sites is 1. The van der Waals surface area contributed by atoms with Crippen molar-refractivity contribution in [2.24, 2.45) is 11.7 Å². The molecule has 0 saturated carbocycles. The second-order valence-electron chi connectivity index (χ2n) is 4.67. The predicted octanol–water partition coefficient (Wildman–Crippen LogP) is 0.395. The van der Waals surface area contributed by atoms with Gasteiger partial charge in [-0.3, -0.25) is 9.59 Å². The molecule has 18 heavy (non-hydrogen) atoms. The van der Waals surface area contributed by atoms with E-state index in [1.807, 2.05) is 12.1 Å². The zero-order valence-electron chi connectivity index (χ0n) is 9.83. The first-order chi connectivity index (χ1) is 8.68. The molecule has 94 valence electrons. The molecule has 1 aromatic rings. The molecule has 1 fully saturated rings. The Morgan fingerprint density at radius 3 is 2.94 bits per heavy atom. The number of hydrogen-bond acceptors (Lipinski definition) is 3. The lowest BCUT2D eigenvalue weighted by Crippen LogP contribution is -2.43. The molecule has 1 saturated heterocycles. The van der Waals surface area contributed by atoms with Crippen LogP contribution in [0.2, 0.25) is 0 Å². The highest BCUT2D eigenvalue weighted by atomic mass is 16.5. The maximum absolute atomic E-state index is 12.4. The van der Waals surface area contributed by atoms with E-state index in [9.17, 15) is 9.59 Å². The van der Waals surface area contributed by atoms with Crippen molar-refractivity contribution < 1.29 is 14.3 Å². The fraction of sp³-hybridized carbons (Fsp3) is 0.385. The fourth-order valence-corrected chi connectivity index (χ4v) is 2.74. The van der Waals surface area contributed by atoms with Crippen LogP contribution in [0.25, 0.3) is 0 Å². The van der Waals surface area contributed by atoms with E-state index in [4.69, 9.17) is 10.5 Å². The third-order valence-electron chi connectivity index (χ3n) is 3.70. The summed E-state index contributed by atoms with van der Waals surface area (Å²) in [6.07, 6.45) is 0.622. The first kappa shape index (κ1) is 11.1. The Morgan fingerprint density at radius 1 is 1.39 bits per heavy atom. The molecule has 2 aliphatic heterocycles. The van der Waals surface area contributed by atoms with Crippen LogP contribution in [0.4, 0.5) is 0 Å². The number of carbonyl (C=O) groups excluding carboxylic acids is 2. The van der Waals surface area contributed by atoms with Crippen LogP contribution in [0.3, 0.4) is 0 Å². The van der Waals surface area contributed by atoms with Crippen molar-refractivity contribution in [3.8, 4) is 5.75 Å². The zero-order valence-corrected chi connectivity index (χ0v) is 9.83. The van der Waals surface area contributed by atoms with E-state index in [1.54, 1.807) is 17.0 Å². The van der Waals surface area contributed by atoms with Gasteiger partial charge in [-0.2, -0.15) is 0 Å². The van der Waals surface area contributed by atoms with E-state index in [2.05, 4.69) is 0 Å². The predicted molar refractivity (Wildman–Crippen MR) is 64.1 cm³/mol. The van der Waals surface area contributed by atoms with E-state index in [-0.39, 0.29) is 23.8 Å². The van der Waals surface area contributed by atoms with Gasteiger partial charge in [-0.25, -0.2) is 0 Å². The van der Waals surface area contributed by atoms with Crippen LogP contribution >= 0.6 is 0 Å². The fourth-order valence-electron chi connectivity index (χ4n) is 2.74. The molecule has 1 aromatic carbocycles. The second-order valence-corrected chi connectivity index (χ2v) is 4.67. The van der Waals surface area contributed by atoms with Crippen LogP contribution in [0, 0.1) is 5.92 Å². The number of benzene rings is 1. The summed E-state index contributed by atoms with van der Waals surface area (Å²) in [6, 6.07) is 6.92. The molecule has 2 atom stereocenters. The number of fused-ring (bicyclic) bond motifs is 2. The molecule has 5 heteroatoms. The molecule has 2 amide bonds. The van der Waals surface area contributed by atoms with Gasteiger partial charge in [-0.05, 0) is 18.6 Å². The first-order valence-corrected chi connectivity index (χ1v) is 6.00. The standard InChI is InChI=1S/C13H14N2O3/c14-12(16)8-5-6-15-10(8)7-18-11-4-2-1-3-9(11)13(15)17/h1-4,8,10H,5-7H2,(H2,14,16)/t8-,10?/m0/s1. The molecular formula is C13H14N2O3. The van der Waals surface area contributed by atoms with Crippen molar-refractivity contribution in [3.05, 3.63) is 29.8 Å². The summed E-state index contributed by atoms with van der Waals surface area (Å²) < 4.78 is 5.64. The van der Waals surface area contributed by atoms with Crippen LogP contribution < -0.4 is 10.5 Å². The Labute approximate surface area is 105 Å². The van der Waals surface area contributed by atoms with Gasteiger partial charge in [0.1, 0.15) is 12.4 Å². The van der Waals surface area contributed by atoms with Gasteiger partial charge in [-0.1, -0.05) is 12.1 Å². The van der Waals surface area contributed by atoms with Gasteiger partial charge in [-0.15, -0.1) is 0 Å². The summed E-state index contributed by atoms with van der Waals surface area (Å²) in [7, 11) is 0. The van der Waals surface area contributed by atoms with Crippen molar-refractivity contribution in [1.82, 2.24) is 4.90 Å². The normalized spacial score (nSPS) is 26.0. The van der Waals surface area contributed by atoms with Crippen LogP contribution in [0.5, 0.6) is 5.75 Å². The average Bonchev–Trinajstić information content (AvgIpc) is 2.74. The number of nitrogens with zero attached hydrogens (tertiary/aromatic N) is 1. The Morgan fingerprint density at radius 2 is 2.17 bits per heavy atom. The minimum Gasteiger partial charge on any atom is -0.491 e. The smallest absolute Gasteiger partial charge is 0.258 e. The molecule has 1 unspecified atom stereocenters. The van der Waals surface area contributed by atoms with Crippen molar-refractivity contribution in [1.29, 1.82) is 0 Å². The minimum absolute atomic E-state index is 0.0724. The average molecular weight is 246 g/mol. The monoisotopic (exact) mass is 246 g/mol. The van der Waals surface area contributed by atoms with Crippen molar-refractivity contribution in [2.75, 3.05) is 13.2 Å². The second kappa shape index (κ2) is 4.01. The summed E-state index contributed by atoms with van der Waals surface area (Å²) in [5.41, 5.74) is 5.93. The molecule has 2 aliphatic rings. The maximum atomic E-state index is 12.4. The SMILES string of the molecule is NC(=O)[C@H]1CCN2C(=O)c3ccccc3OCC12. The maximum Gasteiger partial charge on any atom is 0.258 e. The summed E-state index contributed by atoms with van der Waals surface area (Å²) in [4.78, 5) is 25.5. The Bertz CT molecular complexity index is 515. The number of ether oxygens (including phenoxy) is 1. The quantitative estimate of drug-likeness (QED) is 0.779. The number of carbonyl (C=O) groups is 2. The third-order valence-corrected chi connectivity index (χ3v) is 3.70. The van der Waals surface area contributed by atoms with Crippen molar-refractivity contribution in [3.63, 3.8) is 0 Å². The topological polar surface area (TPSA) is 72.6 Å². The van der Waals surface area contributed by atoms with Gasteiger partial charge >= 0.3 is 0 Å². The molecular weight excluding hydrogens is 232 g/mol. The van der Waals surface area contributed by atoms with E-state index in [0.717, 1.165) is 0 Å². The summed E-state index contributed by atoms with van der Waals surface area (Å²) >= 11 is 0. The molecule has 5 nitrogen and oxygen atoms in total. The van der Waals surface area contributed by atoms with Gasteiger partial charge in [0.05, 0.1) is 17.5 Å². The molecule has 0 radical (unpaired) electrons. The van der Waals surface area contributed by atoms with Gasteiger partial charge < -0.3 is 15.4 Å². The number of nitrogens with two attached hydrogens (primary N) is 1. The molecule has 0 aromatic heterocycles. The Hall–Kier alpha value is -2.04. The van der Waals surface area contributed by atoms with E-state index < -0.39 is 0 Å². The number of rotatable bonds is 1. The first-order valence-electron chi connectivity index (χ1n) is 6.00. The van der Waals surface area contributed by atoms with Gasteiger partial charge in [0, 0.05) is 6.54 Å². The molecule has 0 aliphatic carbocycles. The van der Waals surface area contributed by atoms with Crippen LogP contribution in [0.15, 0.2) is 24.3 Å². The number of hydrogen-bond donors (Lipinski definition) is 1. The van der Waals surface area contributed by atoms with Gasteiger partial charge in [0.15, 0.2) is 0 Å². The lowest BCUT2D eigenvalue weighted by molar-refractivity contribution is -0.122. The van der Waals surface area contributed by atoms with Crippen LogP contribution in [-0.2, 0) is 4.79 Å². The van der Waals surface area contributed by atoms with Crippen molar-refractivity contribution >= 4 is 11.8 Å². The summed E-state index contributed by atoms with van der Waals surface area (Å²) in [5, 5.41) is 0. The van der Waals surface area contributed by atoms with Crippen molar-refractivity contribution in [2.45, 2.75) is 12.5 Å². The van der Waals surface area contributed by atoms with E-state index in [1.165, 1.54) is 0 Å². The highest BCUT2D eigenvalue weighted by Crippen LogP contribution is 2.32. The summed E-state index contributed by atoms with van der Waals surface area (Å²) in [5.74, 6) is -0.148. The molecule has 2 N–H and O–H groups in total. The number of amides is 2. The van der Waals surface area contributed by atoms with Gasteiger partial charge in [0.25, 0.3) is 5.91 Å². The Balaban J connectivity index is 1.98. The highest BCUT2D eigenvalue weighted by Gasteiger charge is 2.42. The molecule has 0 bridgehead atoms. The number of primary amides is 1. The lowest BCUT2D eigenvalue weighted by atomic mass is 10.0. The molecule has 3 rings (SSSR count). The van der Waals surface area contributed by atoms with Crippen LogP contribution in [-0.4, -0.2) is 35.9 Å². The minimum atomic E-state index is -0.357. The molecule has 2 heterocycles. The van der Waals surface area contributed by atoms with E-state index in [0.29, 0.717) is 30.9 Å².